The lowest BCUT2D eigenvalue weighted by atomic mass is 9.80. The summed E-state index contributed by atoms with van der Waals surface area (Å²) in [6.45, 7) is 11.2. The fourth-order valence-electron chi connectivity index (χ4n) is 5.33. The molecular formula is C30H37NO2. The molecule has 1 saturated heterocycles. The number of hydrogen-bond donors (Lipinski definition) is 1. The highest BCUT2D eigenvalue weighted by molar-refractivity contribution is 5.47. The molecule has 1 fully saturated rings. The van der Waals surface area contributed by atoms with Crippen LogP contribution in [0.2, 0.25) is 0 Å². The van der Waals surface area contributed by atoms with Gasteiger partial charge in [-0.15, -0.1) is 0 Å². The van der Waals surface area contributed by atoms with Crippen molar-refractivity contribution in [3.8, 4) is 0 Å². The maximum absolute atomic E-state index is 12.0. The predicted octanol–water partition coefficient (Wildman–Crippen LogP) is 7.01. The Bertz CT molecular complexity index is 986. The average molecular weight is 444 g/mol. The zero-order valence-electron chi connectivity index (χ0n) is 20.6. The van der Waals surface area contributed by atoms with Gasteiger partial charge in [-0.3, -0.25) is 4.84 Å². The Morgan fingerprint density at radius 1 is 0.727 bits per heavy atom. The van der Waals surface area contributed by atoms with Crippen molar-refractivity contribution in [3.05, 3.63) is 107 Å². The van der Waals surface area contributed by atoms with Crippen molar-refractivity contribution < 1.29 is 9.94 Å². The molecule has 0 spiro atoms. The molecule has 1 aliphatic rings. The van der Waals surface area contributed by atoms with Crippen LogP contribution in [0.25, 0.3) is 0 Å². The molecule has 3 aromatic rings. The lowest BCUT2D eigenvalue weighted by Crippen LogP contribution is -2.58. The van der Waals surface area contributed by atoms with Crippen LogP contribution < -0.4 is 0 Å². The fraction of sp³-hybridized carbons (Fsp3) is 0.400. The van der Waals surface area contributed by atoms with Gasteiger partial charge in [0.1, 0.15) is 11.7 Å². The van der Waals surface area contributed by atoms with Crippen molar-refractivity contribution in [2.75, 3.05) is 0 Å². The van der Waals surface area contributed by atoms with E-state index in [1.807, 2.05) is 72.8 Å². The summed E-state index contributed by atoms with van der Waals surface area (Å²) in [7, 11) is 0. The van der Waals surface area contributed by atoms with E-state index in [2.05, 4.69) is 51.8 Å². The first-order valence-corrected chi connectivity index (χ1v) is 12.1. The van der Waals surface area contributed by atoms with Gasteiger partial charge in [0.25, 0.3) is 0 Å². The van der Waals surface area contributed by atoms with Crippen LogP contribution in [0.3, 0.4) is 0 Å². The molecule has 0 radical (unpaired) electrons. The summed E-state index contributed by atoms with van der Waals surface area (Å²) >= 11 is 0. The second-order valence-corrected chi connectivity index (χ2v) is 10.6. The minimum Gasteiger partial charge on any atom is -0.376 e. The van der Waals surface area contributed by atoms with Gasteiger partial charge < -0.3 is 5.11 Å². The first-order chi connectivity index (χ1) is 15.6. The standard InChI is InChI=1S/C30H37NO2/c1-23(33-31-28(2,3)21-12-22-29(31,4)5)24-17-19-27(20-18-24)30(32,25-13-8-6-9-14-25)26-15-10-7-11-16-26/h6-11,13-20,23,32H,12,21-22H2,1-5H3. The second-order valence-electron chi connectivity index (χ2n) is 10.6. The molecule has 3 heteroatoms. The molecule has 33 heavy (non-hydrogen) atoms. The predicted molar refractivity (Wildman–Crippen MR) is 135 cm³/mol. The van der Waals surface area contributed by atoms with E-state index in [1.54, 1.807) is 0 Å². The quantitative estimate of drug-likeness (QED) is 0.416. The maximum atomic E-state index is 12.0. The average Bonchev–Trinajstić information content (AvgIpc) is 2.82. The first kappa shape index (κ1) is 23.7. The van der Waals surface area contributed by atoms with Gasteiger partial charge in [0, 0.05) is 11.1 Å². The van der Waals surface area contributed by atoms with Gasteiger partial charge in [-0.1, -0.05) is 84.9 Å². The minimum absolute atomic E-state index is 0.00315. The molecule has 1 aliphatic heterocycles. The van der Waals surface area contributed by atoms with E-state index in [9.17, 15) is 5.11 Å². The number of aliphatic hydroxyl groups is 1. The Morgan fingerprint density at radius 2 is 1.15 bits per heavy atom. The first-order valence-electron chi connectivity index (χ1n) is 12.1. The highest BCUT2D eigenvalue weighted by Crippen LogP contribution is 2.41. The van der Waals surface area contributed by atoms with Crippen molar-refractivity contribution in [1.82, 2.24) is 5.06 Å². The van der Waals surface area contributed by atoms with Gasteiger partial charge >= 0.3 is 0 Å². The van der Waals surface area contributed by atoms with Crippen molar-refractivity contribution in [1.29, 1.82) is 0 Å². The lowest BCUT2D eigenvalue weighted by molar-refractivity contribution is -0.304. The highest BCUT2D eigenvalue weighted by Gasteiger charge is 2.43. The Morgan fingerprint density at radius 3 is 1.61 bits per heavy atom. The summed E-state index contributed by atoms with van der Waals surface area (Å²) in [5.41, 5.74) is 2.42. The summed E-state index contributed by atoms with van der Waals surface area (Å²) in [6, 6.07) is 28.0. The largest absolute Gasteiger partial charge is 0.376 e. The van der Waals surface area contributed by atoms with Gasteiger partial charge in [-0.25, -0.2) is 0 Å². The fourth-order valence-corrected chi connectivity index (χ4v) is 5.33. The van der Waals surface area contributed by atoms with E-state index >= 15 is 0 Å². The van der Waals surface area contributed by atoms with Gasteiger partial charge in [0.15, 0.2) is 0 Å². The lowest BCUT2D eigenvalue weighted by Gasteiger charge is -2.52. The van der Waals surface area contributed by atoms with Crippen LogP contribution in [0, 0.1) is 0 Å². The third-order valence-electron chi connectivity index (χ3n) is 7.12. The third-order valence-corrected chi connectivity index (χ3v) is 7.12. The van der Waals surface area contributed by atoms with E-state index in [4.69, 9.17) is 4.84 Å². The SMILES string of the molecule is CC(ON1C(C)(C)CCCC1(C)C)c1ccc(C(O)(c2ccccc2)c2ccccc2)cc1. The summed E-state index contributed by atoms with van der Waals surface area (Å²) < 4.78 is 0. The van der Waals surface area contributed by atoms with Gasteiger partial charge in [-0.05, 0) is 76.1 Å². The monoisotopic (exact) mass is 443 g/mol. The molecule has 0 aromatic heterocycles. The number of hydrogen-bond acceptors (Lipinski definition) is 3. The molecule has 174 valence electrons. The van der Waals surface area contributed by atoms with Crippen LogP contribution >= 0.6 is 0 Å². The highest BCUT2D eigenvalue weighted by atomic mass is 16.7. The maximum Gasteiger partial charge on any atom is 0.140 e. The topological polar surface area (TPSA) is 32.7 Å². The zero-order valence-corrected chi connectivity index (χ0v) is 20.6. The smallest absolute Gasteiger partial charge is 0.140 e. The van der Waals surface area contributed by atoms with E-state index in [1.165, 1.54) is 6.42 Å². The molecule has 4 rings (SSSR count). The van der Waals surface area contributed by atoms with Crippen LogP contribution in [0.15, 0.2) is 84.9 Å². The van der Waals surface area contributed by atoms with Crippen molar-refractivity contribution >= 4 is 0 Å². The van der Waals surface area contributed by atoms with Gasteiger partial charge in [-0.2, -0.15) is 5.06 Å². The number of piperidine rings is 1. The Kier molecular flexibility index (Phi) is 6.50. The second kappa shape index (κ2) is 9.06. The summed E-state index contributed by atoms with van der Waals surface area (Å²) in [5, 5.41) is 14.2. The van der Waals surface area contributed by atoms with Gasteiger partial charge in [0.05, 0.1) is 0 Å². The van der Waals surface area contributed by atoms with Crippen LogP contribution in [0.1, 0.15) is 82.2 Å². The Labute approximate surface area is 199 Å². The van der Waals surface area contributed by atoms with Crippen LogP contribution in [-0.2, 0) is 10.4 Å². The van der Waals surface area contributed by atoms with E-state index in [-0.39, 0.29) is 17.2 Å². The van der Waals surface area contributed by atoms with Crippen molar-refractivity contribution in [3.63, 3.8) is 0 Å². The van der Waals surface area contributed by atoms with E-state index in [0.717, 1.165) is 35.1 Å². The van der Waals surface area contributed by atoms with Crippen LogP contribution in [0.4, 0.5) is 0 Å². The molecule has 0 saturated carbocycles. The molecule has 0 aliphatic carbocycles. The number of hydroxylamine groups is 2. The van der Waals surface area contributed by atoms with E-state index in [0.29, 0.717) is 0 Å². The normalized spacial score (nSPS) is 19.2. The molecule has 1 unspecified atom stereocenters. The molecule has 0 bridgehead atoms. The molecule has 0 amide bonds. The molecule has 3 nitrogen and oxygen atoms in total. The number of nitrogens with zero attached hydrogens (tertiary/aromatic N) is 1. The van der Waals surface area contributed by atoms with Crippen LogP contribution in [-0.4, -0.2) is 21.2 Å². The summed E-state index contributed by atoms with van der Waals surface area (Å²) in [5.74, 6) is 0. The molecule has 1 atom stereocenters. The summed E-state index contributed by atoms with van der Waals surface area (Å²) in [6.07, 6.45) is 3.39. The van der Waals surface area contributed by atoms with Crippen molar-refractivity contribution in [2.24, 2.45) is 0 Å². The molecule has 1 N–H and O–H groups in total. The molecular weight excluding hydrogens is 406 g/mol. The number of rotatable bonds is 6. The molecule has 1 heterocycles. The number of benzene rings is 3. The molecule has 3 aromatic carbocycles. The van der Waals surface area contributed by atoms with Crippen molar-refractivity contribution in [2.45, 2.75) is 76.7 Å². The van der Waals surface area contributed by atoms with E-state index < -0.39 is 5.60 Å². The van der Waals surface area contributed by atoms with Crippen LogP contribution in [0.5, 0.6) is 0 Å². The minimum atomic E-state index is -1.22. The van der Waals surface area contributed by atoms with Gasteiger partial charge in [0.2, 0.25) is 0 Å². The zero-order chi connectivity index (χ0) is 23.7. The Balaban J connectivity index is 1.64. The summed E-state index contributed by atoms with van der Waals surface area (Å²) in [4.78, 5) is 6.57. The third kappa shape index (κ3) is 4.63. The Hall–Kier alpha value is -2.46.